The van der Waals surface area contributed by atoms with Crippen LogP contribution < -0.4 is 4.74 Å². The molecule has 1 aromatic heterocycles. The van der Waals surface area contributed by atoms with Crippen LogP contribution in [0.3, 0.4) is 0 Å². The second kappa shape index (κ2) is 6.38. The Kier molecular flexibility index (Phi) is 4.12. The lowest BCUT2D eigenvalue weighted by Crippen LogP contribution is -2.12. The Bertz CT molecular complexity index is 1340. The standard InChI is InChI=1S/C21H17NO5S/c1-13(23)16-9-11-19-20(21(16)24)17-12-14(27-2)8-10-18(17)22(19)28(25,26)15-6-4-3-5-7-15/h3-12,24H,1-2H3. The van der Waals surface area contributed by atoms with E-state index in [-0.39, 0.29) is 27.5 Å². The molecule has 1 N–H and O–H groups in total. The van der Waals surface area contributed by atoms with Crippen molar-refractivity contribution < 1.29 is 23.1 Å². The molecule has 0 aliphatic rings. The largest absolute Gasteiger partial charge is 0.506 e. The summed E-state index contributed by atoms with van der Waals surface area (Å²) in [4.78, 5) is 12.0. The Balaban J connectivity index is 2.20. The lowest BCUT2D eigenvalue weighted by atomic mass is 10.0. The third kappa shape index (κ3) is 2.55. The number of hydrogen-bond donors (Lipinski definition) is 1. The number of hydrogen-bond acceptors (Lipinski definition) is 5. The molecule has 142 valence electrons. The van der Waals surface area contributed by atoms with Crippen molar-refractivity contribution in [2.45, 2.75) is 11.8 Å². The number of carbonyl (C=O) groups excluding carboxylic acids is 1. The average molecular weight is 395 g/mol. The van der Waals surface area contributed by atoms with E-state index < -0.39 is 10.0 Å². The van der Waals surface area contributed by atoms with Gasteiger partial charge in [0, 0.05) is 5.39 Å². The lowest BCUT2D eigenvalue weighted by molar-refractivity contribution is 0.101. The van der Waals surface area contributed by atoms with Crippen molar-refractivity contribution in [2.24, 2.45) is 0 Å². The highest BCUT2D eigenvalue weighted by atomic mass is 32.2. The number of benzene rings is 3. The first-order valence-corrected chi connectivity index (χ1v) is 9.96. The zero-order valence-electron chi connectivity index (χ0n) is 15.2. The van der Waals surface area contributed by atoms with Crippen LogP contribution in [-0.4, -0.2) is 30.4 Å². The molecule has 0 aliphatic heterocycles. The number of aromatic nitrogens is 1. The number of rotatable bonds is 4. The van der Waals surface area contributed by atoms with Gasteiger partial charge in [-0.05, 0) is 49.4 Å². The van der Waals surface area contributed by atoms with Gasteiger partial charge in [0.15, 0.2) is 5.78 Å². The molecular formula is C21H17NO5S. The molecule has 1 heterocycles. The zero-order valence-corrected chi connectivity index (χ0v) is 16.0. The molecule has 0 spiro atoms. The highest BCUT2D eigenvalue weighted by Crippen LogP contribution is 2.40. The minimum Gasteiger partial charge on any atom is -0.506 e. The first kappa shape index (κ1) is 18.1. The van der Waals surface area contributed by atoms with Gasteiger partial charge in [0.25, 0.3) is 10.0 Å². The molecule has 28 heavy (non-hydrogen) atoms. The van der Waals surface area contributed by atoms with E-state index in [2.05, 4.69) is 0 Å². The number of fused-ring (bicyclic) bond motifs is 3. The minimum atomic E-state index is -3.94. The Morgan fingerprint density at radius 1 is 1.00 bits per heavy atom. The van der Waals surface area contributed by atoms with E-state index in [9.17, 15) is 18.3 Å². The van der Waals surface area contributed by atoms with Crippen LogP contribution in [0.5, 0.6) is 11.5 Å². The van der Waals surface area contributed by atoms with Crippen LogP contribution in [0.2, 0.25) is 0 Å². The fourth-order valence-electron chi connectivity index (χ4n) is 3.41. The Labute approximate surface area is 161 Å². The van der Waals surface area contributed by atoms with Gasteiger partial charge in [-0.25, -0.2) is 12.4 Å². The van der Waals surface area contributed by atoms with E-state index in [0.717, 1.165) is 0 Å². The SMILES string of the molecule is COc1ccc2c(c1)c1c(O)c(C(C)=O)ccc1n2S(=O)(=O)c1ccccc1. The first-order valence-electron chi connectivity index (χ1n) is 8.52. The molecule has 0 saturated heterocycles. The Hall–Kier alpha value is -3.32. The van der Waals surface area contributed by atoms with Gasteiger partial charge in [0.05, 0.1) is 34.0 Å². The molecule has 0 aliphatic carbocycles. The number of ketones is 1. The molecule has 0 amide bonds. The summed E-state index contributed by atoms with van der Waals surface area (Å²) in [6, 6.07) is 16.0. The highest BCUT2D eigenvalue weighted by molar-refractivity contribution is 7.90. The smallest absolute Gasteiger partial charge is 0.268 e. The van der Waals surface area contributed by atoms with Crippen molar-refractivity contribution >= 4 is 37.6 Å². The van der Waals surface area contributed by atoms with Crippen molar-refractivity contribution in [2.75, 3.05) is 7.11 Å². The monoisotopic (exact) mass is 395 g/mol. The number of methoxy groups -OCH3 is 1. The summed E-state index contributed by atoms with van der Waals surface area (Å²) in [5.41, 5.74) is 0.803. The van der Waals surface area contributed by atoms with Crippen LogP contribution in [-0.2, 0) is 10.0 Å². The summed E-state index contributed by atoms with van der Waals surface area (Å²) >= 11 is 0. The third-order valence-electron chi connectivity index (χ3n) is 4.73. The molecule has 4 rings (SSSR count). The van der Waals surface area contributed by atoms with Gasteiger partial charge in [0.2, 0.25) is 0 Å². The molecule has 0 atom stereocenters. The molecular weight excluding hydrogens is 378 g/mol. The van der Waals surface area contributed by atoms with Crippen LogP contribution in [0.25, 0.3) is 21.8 Å². The maximum Gasteiger partial charge on any atom is 0.268 e. The molecule has 3 aromatic carbocycles. The predicted molar refractivity (Wildman–Crippen MR) is 107 cm³/mol. The number of carbonyl (C=O) groups is 1. The van der Waals surface area contributed by atoms with Gasteiger partial charge in [-0.3, -0.25) is 4.79 Å². The average Bonchev–Trinajstić information content (AvgIpc) is 3.03. The molecule has 0 saturated carbocycles. The number of phenolic OH excluding ortho intramolecular Hbond substituents is 1. The van der Waals surface area contributed by atoms with Gasteiger partial charge >= 0.3 is 0 Å². The van der Waals surface area contributed by atoms with Crippen LogP contribution in [0.15, 0.2) is 65.6 Å². The maximum atomic E-state index is 13.4. The molecule has 6 nitrogen and oxygen atoms in total. The summed E-state index contributed by atoms with van der Waals surface area (Å²) in [6.07, 6.45) is 0. The van der Waals surface area contributed by atoms with Crippen LogP contribution in [0.4, 0.5) is 0 Å². The molecule has 0 radical (unpaired) electrons. The van der Waals surface area contributed by atoms with Crippen molar-refractivity contribution in [3.63, 3.8) is 0 Å². The van der Waals surface area contributed by atoms with E-state index in [1.807, 2.05) is 0 Å². The zero-order chi connectivity index (χ0) is 20.1. The van der Waals surface area contributed by atoms with Crippen LogP contribution >= 0.6 is 0 Å². The Morgan fingerprint density at radius 3 is 2.32 bits per heavy atom. The fourth-order valence-corrected chi connectivity index (χ4v) is 4.95. The summed E-state index contributed by atoms with van der Waals surface area (Å²) in [5.74, 6) is -0.0457. The first-order chi connectivity index (χ1) is 13.4. The summed E-state index contributed by atoms with van der Waals surface area (Å²) in [5, 5.41) is 11.5. The fraction of sp³-hybridized carbons (Fsp3) is 0.0952. The topological polar surface area (TPSA) is 85.6 Å². The van der Waals surface area contributed by atoms with E-state index >= 15 is 0 Å². The van der Waals surface area contributed by atoms with E-state index in [1.165, 1.54) is 36.2 Å². The molecule has 0 fully saturated rings. The van der Waals surface area contributed by atoms with Crippen molar-refractivity contribution in [3.8, 4) is 11.5 Å². The quantitative estimate of drug-likeness (QED) is 0.529. The molecule has 4 aromatic rings. The normalized spacial score (nSPS) is 11.8. The summed E-state index contributed by atoms with van der Waals surface area (Å²) in [7, 11) is -2.44. The summed E-state index contributed by atoms with van der Waals surface area (Å²) < 4.78 is 33.2. The second-order valence-corrected chi connectivity index (χ2v) is 8.16. The number of aromatic hydroxyl groups is 1. The van der Waals surface area contributed by atoms with Crippen molar-refractivity contribution in [1.82, 2.24) is 3.97 Å². The lowest BCUT2D eigenvalue weighted by Gasteiger charge is -2.10. The van der Waals surface area contributed by atoms with Gasteiger partial charge in [-0.2, -0.15) is 0 Å². The molecule has 0 bridgehead atoms. The summed E-state index contributed by atoms with van der Waals surface area (Å²) in [6.45, 7) is 1.35. The van der Waals surface area contributed by atoms with Gasteiger partial charge < -0.3 is 9.84 Å². The molecule has 7 heteroatoms. The van der Waals surface area contributed by atoms with Crippen molar-refractivity contribution in [1.29, 1.82) is 0 Å². The predicted octanol–water partition coefficient (Wildman–Crippen LogP) is 3.95. The van der Waals surface area contributed by atoms with Crippen LogP contribution in [0.1, 0.15) is 17.3 Å². The number of ether oxygens (including phenoxy) is 1. The number of nitrogens with zero attached hydrogens (tertiary/aromatic N) is 1. The van der Waals surface area contributed by atoms with E-state index in [1.54, 1.807) is 42.5 Å². The third-order valence-corrected chi connectivity index (χ3v) is 6.47. The van der Waals surface area contributed by atoms with Gasteiger partial charge in [-0.1, -0.05) is 18.2 Å². The van der Waals surface area contributed by atoms with E-state index in [0.29, 0.717) is 22.0 Å². The number of phenols is 1. The van der Waals surface area contributed by atoms with Gasteiger partial charge in [-0.15, -0.1) is 0 Å². The maximum absolute atomic E-state index is 13.4. The number of Topliss-reactive ketones (excluding diaryl/α,β-unsaturated/α-hetero) is 1. The Morgan fingerprint density at radius 2 is 1.68 bits per heavy atom. The van der Waals surface area contributed by atoms with Crippen molar-refractivity contribution in [3.05, 3.63) is 66.2 Å². The van der Waals surface area contributed by atoms with E-state index in [4.69, 9.17) is 4.74 Å². The minimum absolute atomic E-state index is 0.125. The highest BCUT2D eigenvalue weighted by Gasteiger charge is 2.26. The second-order valence-electron chi connectivity index (χ2n) is 6.38. The van der Waals surface area contributed by atoms with Gasteiger partial charge in [0.1, 0.15) is 11.5 Å². The van der Waals surface area contributed by atoms with Crippen LogP contribution in [0, 0.1) is 0 Å². The molecule has 0 unspecified atom stereocenters.